The van der Waals surface area contributed by atoms with Gasteiger partial charge in [-0.15, -0.1) is 0 Å². The van der Waals surface area contributed by atoms with E-state index < -0.39 is 5.41 Å². The SMILES string of the molecule is O=C(Nc1cc(F)c2[nH]c(C3CC3)cc2c1)C1(c2ccc3c(c2)OCO3)CC1. The van der Waals surface area contributed by atoms with Crippen molar-refractivity contribution < 1.29 is 18.7 Å². The molecule has 0 atom stereocenters. The summed E-state index contributed by atoms with van der Waals surface area (Å²) in [5.74, 6) is 1.44. The number of carbonyl (C=O) groups is 1. The monoisotopic (exact) mass is 378 g/mol. The fraction of sp³-hybridized carbons (Fsp3) is 0.318. The van der Waals surface area contributed by atoms with Crippen LogP contribution in [0.3, 0.4) is 0 Å². The van der Waals surface area contributed by atoms with Crippen molar-refractivity contribution in [2.75, 3.05) is 12.1 Å². The summed E-state index contributed by atoms with van der Waals surface area (Å²) >= 11 is 0. The molecule has 0 radical (unpaired) electrons. The summed E-state index contributed by atoms with van der Waals surface area (Å²) in [7, 11) is 0. The van der Waals surface area contributed by atoms with Crippen LogP contribution in [0.5, 0.6) is 11.5 Å². The van der Waals surface area contributed by atoms with Crippen molar-refractivity contribution in [1.29, 1.82) is 0 Å². The topological polar surface area (TPSA) is 63.4 Å². The van der Waals surface area contributed by atoms with Gasteiger partial charge in [0.05, 0.1) is 10.9 Å². The average Bonchev–Trinajstić information content (AvgIpc) is 3.60. The van der Waals surface area contributed by atoms with E-state index in [1.807, 2.05) is 30.3 Å². The molecular weight excluding hydrogens is 359 g/mol. The highest BCUT2D eigenvalue weighted by Crippen LogP contribution is 2.51. The Morgan fingerprint density at radius 3 is 2.71 bits per heavy atom. The van der Waals surface area contributed by atoms with E-state index in [0.29, 0.717) is 28.6 Å². The quantitative estimate of drug-likeness (QED) is 0.698. The molecule has 0 spiro atoms. The number of benzene rings is 2. The van der Waals surface area contributed by atoms with Crippen molar-refractivity contribution in [1.82, 2.24) is 4.98 Å². The largest absolute Gasteiger partial charge is 0.454 e. The van der Waals surface area contributed by atoms with E-state index in [0.717, 1.165) is 42.3 Å². The first-order valence-corrected chi connectivity index (χ1v) is 9.66. The molecule has 2 aliphatic carbocycles. The molecule has 6 heteroatoms. The van der Waals surface area contributed by atoms with Gasteiger partial charge < -0.3 is 19.8 Å². The fourth-order valence-corrected chi connectivity index (χ4v) is 4.12. The number of ether oxygens (including phenoxy) is 2. The number of aromatic amines is 1. The maximum atomic E-state index is 14.6. The van der Waals surface area contributed by atoms with Gasteiger partial charge in [0.25, 0.3) is 0 Å². The van der Waals surface area contributed by atoms with Crippen LogP contribution < -0.4 is 14.8 Å². The highest BCUT2D eigenvalue weighted by Gasteiger charge is 2.51. The van der Waals surface area contributed by atoms with Gasteiger partial charge in [0, 0.05) is 16.8 Å². The zero-order chi connectivity index (χ0) is 18.9. The van der Waals surface area contributed by atoms with Crippen molar-refractivity contribution in [3.63, 3.8) is 0 Å². The second-order valence-corrected chi connectivity index (χ2v) is 8.03. The molecule has 2 fully saturated rings. The minimum absolute atomic E-state index is 0.108. The van der Waals surface area contributed by atoms with Crippen LogP contribution in [0.4, 0.5) is 10.1 Å². The van der Waals surface area contributed by atoms with E-state index in [4.69, 9.17) is 9.47 Å². The number of rotatable bonds is 4. The maximum Gasteiger partial charge on any atom is 0.235 e. The number of amides is 1. The summed E-state index contributed by atoms with van der Waals surface area (Å²) in [6.07, 6.45) is 3.82. The normalized spacial score (nSPS) is 19.0. The summed E-state index contributed by atoms with van der Waals surface area (Å²) in [6.45, 7) is 0.205. The Morgan fingerprint density at radius 1 is 1.11 bits per heavy atom. The second kappa shape index (κ2) is 5.50. The zero-order valence-corrected chi connectivity index (χ0v) is 15.2. The van der Waals surface area contributed by atoms with Crippen LogP contribution in [0.15, 0.2) is 36.4 Å². The Hall–Kier alpha value is -3.02. The lowest BCUT2D eigenvalue weighted by atomic mass is 9.94. The van der Waals surface area contributed by atoms with Gasteiger partial charge in [0.2, 0.25) is 12.7 Å². The van der Waals surface area contributed by atoms with Crippen LogP contribution >= 0.6 is 0 Å². The molecule has 6 rings (SSSR count). The third-order valence-corrected chi connectivity index (χ3v) is 6.09. The minimum Gasteiger partial charge on any atom is -0.454 e. The molecule has 2 saturated carbocycles. The maximum absolute atomic E-state index is 14.6. The van der Waals surface area contributed by atoms with Crippen molar-refractivity contribution >= 4 is 22.5 Å². The number of fused-ring (bicyclic) bond motifs is 2. The summed E-state index contributed by atoms with van der Waals surface area (Å²) in [6, 6.07) is 10.9. The third-order valence-electron chi connectivity index (χ3n) is 6.09. The lowest BCUT2D eigenvalue weighted by Crippen LogP contribution is -2.27. The zero-order valence-electron chi connectivity index (χ0n) is 15.2. The summed E-state index contributed by atoms with van der Waals surface area (Å²) < 4.78 is 25.4. The average molecular weight is 378 g/mol. The van der Waals surface area contributed by atoms with Crippen molar-refractivity contribution in [2.45, 2.75) is 37.0 Å². The Bertz CT molecular complexity index is 1130. The van der Waals surface area contributed by atoms with Gasteiger partial charge >= 0.3 is 0 Å². The first kappa shape index (κ1) is 16.0. The number of carbonyl (C=O) groups excluding carboxylic acids is 1. The van der Waals surface area contributed by atoms with Crippen LogP contribution in [0.2, 0.25) is 0 Å². The predicted molar refractivity (Wildman–Crippen MR) is 102 cm³/mol. The second-order valence-electron chi connectivity index (χ2n) is 8.03. The molecule has 1 aliphatic heterocycles. The van der Waals surface area contributed by atoms with Crippen molar-refractivity contribution in [3.8, 4) is 11.5 Å². The lowest BCUT2D eigenvalue weighted by molar-refractivity contribution is -0.118. The van der Waals surface area contributed by atoms with Gasteiger partial charge in [-0.1, -0.05) is 6.07 Å². The van der Waals surface area contributed by atoms with Gasteiger partial charge in [-0.3, -0.25) is 4.79 Å². The Kier molecular flexibility index (Phi) is 3.14. The molecule has 3 aromatic rings. The number of hydrogen-bond acceptors (Lipinski definition) is 3. The summed E-state index contributed by atoms with van der Waals surface area (Å²) in [5.41, 5.74) is 2.41. The molecule has 2 N–H and O–H groups in total. The Morgan fingerprint density at radius 2 is 1.93 bits per heavy atom. The first-order chi connectivity index (χ1) is 13.6. The number of H-pyrrole nitrogens is 1. The molecule has 0 unspecified atom stereocenters. The molecule has 5 nitrogen and oxygen atoms in total. The highest BCUT2D eigenvalue weighted by atomic mass is 19.1. The van der Waals surface area contributed by atoms with E-state index in [-0.39, 0.29) is 18.5 Å². The van der Waals surface area contributed by atoms with Crippen molar-refractivity contribution in [3.05, 3.63) is 53.5 Å². The fourth-order valence-electron chi connectivity index (χ4n) is 4.12. The van der Waals surface area contributed by atoms with Crippen LogP contribution in [0, 0.1) is 5.82 Å². The summed E-state index contributed by atoms with van der Waals surface area (Å²) in [5, 5.41) is 3.73. The number of halogens is 1. The molecule has 1 aromatic heterocycles. The highest BCUT2D eigenvalue weighted by molar-refractivity contribution is 6.02. The van der Waals surface area contributed by atoms with E-state index >= 15 is 0 Å². The van der Waals surface area contributed by atoms with Gasteiger partial charge in [0.15, 0.2) is 11.5 Å². The van der Waals surface area contributed by atoms with Gasteiger partial charge in [0.1, 0.15) is 5.82 Å². The van der Waals surface area contributed by atoms with Gasteiger partial charge in [-0.05, 0) is 67.5 Å². The summed E-state index contributed by atoms with van der Waals surface area (Å²) in [4.78, 5) is 16.2. The lowest BCUT2D eigenvalue weighted by Gasteiger charge is -2.16. The molecule has 0 saturated heterocycles. The smallest absolute Gasteiger partial charge is 0.235 e. The molecule has 2 heterocycles. The Labute approximate surface area is 160 Å². The van der Waals surface area contributed by atoms with Gasteiger partial charge in [-0.2, -0.15) is 0 Å². The van der Waals surface area contributed by atoms with Crippen molar-refractivity contribution in [2.24, 2.45) is 0 Å². The van der Waals surface area contributed by atoms with Crippen LogP contribution in [0.1, 0.15) is 42.9 Å². The molecular formula is C22H19FN2O3. The number of anilines is 1. The number of nitrogens with one attached hydrogen (secondary N) is 2. The minimum atomic E-state index is -0.580. The van der Waals surface area contributed by atoms with Crippen LogP contribution in [0.25, 0.3) is 10.9 Å². The number of hydrogen-bond donors (Lipinski definition) is 2. The number of aromatic nitrogens is 1. The van der Waals surface area contributed by atoms with Crippen LogP contribution in [-0.4, -0.2) is 17.7 Å². The third kappa shape index (κ3) is 2.40. The van der Waals surface area contributed by atoms with Gasteiger partial charge in [-0.25, -0.2) is 4.39 Å². The van der Waals surface area contributed by atoms with E-state index in [2.05, 4.69) is 10.3 Å². The molecule has 3 aliphatic rings. The molecule has 0 bridgehead atoms. The molecule has 1 amide bonds. The first-order valence-electron chi connectivity index (χ1n) is 9.66. The van der Waals surface area contributed by atoms with Crippen LogP contribution in [-0.2, 0) is 10.2 Å². The molecule has 28 heavy (non-hydrogen) atoms. The van der Waals surface area contributed by atoms with E-state index in [1.165, 1.54) is 6.07 Å². The standard InChI is InChI=1S/C22H19FN2O3/c23-16-10-15(7-13-8-17(12-1-2-12)25-20(13)16)24-21(26)22(5-6-22)14-3-4-18-19(9-14)28-11-27-18/h3-4,7-10,12,25H,1-2,5-6,11H2,(H,24,26). The molecule has 142 valence electrons. The predicted octanol–water partition coefficient (Wildman–Crippen LogP) is 4.58. The Balaban J connectivity index is 1.29. The van der Waals surface area contributed by atoms with E-state index in [1.54, 1.807) is 0 Å². The molecule has 2 aromatic carbocycles. The van der Waals surface area contributed by atoms with E-state index in [9.17, 15) is 9.18 Å².